The van der Waals surface area contributed by atoms with Crippen molar-refractivity contribution in [3.8, 4) is 0 Å². The lowest BCUT2D eigenvalue weighted by atomic mass is 9.96. The Hall–Kier alpha value is -3.25. The first-order valence-electron chi connectivity index (χ1n) is 9.27. The fraction of sp³-hybridized carbons (Fsp3) is 0.227. The van der Waals surface area contributed by atoms with Crippen LogP contribution in [0.4, 0.5) is 5.69 Å². The van der Waals surface area contributed by atoms with E-state index in [0.717, 1.165) is 36.0 Å². The van der Waals surface area contributed by atoms with Gasteiger partial charge in [-0.25, -0.2) is 0 Å². The first-order chi connectivity index (χ1) is 13.5. The van der Waals surface area contributed by atoms with Crippen molar-refractivity contribution in [1.82, 2.24) is 9.88 Å². The van der Waals surface area contributed by atoms with Crippen LogP contribution in [0.5, 0.6) is 0 Å². The van der Waals surface area contributed by atoms with Crippen LogP contribution < -0.4 is 0 Å². The van der Waals surface area contributed by atoms with Crippen LogP contribution in [0.3, 0.4) is 0 Å². The molecule has 1 aliphatic rings. The smallest absolute Gasteiger partial charge is 0.270 e. The Morgan fingerprint density at radius 2 is 2.11 bits per heavy atom. The van der Waals surface area contributed by atoms with Gasteiger partial charge in [0.1, 0.15) is 0 Å². The van der Waals surface area contributed by atoms with Crippen molar-refractivity contribution in [2.45, 2.75) is 12.8 Å². The normalized spacial score (nSPS) is 14.8. The zero-order chi connectivity index (χ0) is 19.7. The van der Waals surface area contributed by atoms with Crippen LogP contribution in [-0.4, -0.2) is 40.7 Å². The van der Waals surface area contributed by atoms with E-state index in [2.05, 4.69) is 29.1 Å². The van der Waals surface area contributed by atoms with Gasteiger partial charge in [-0.15, -0.1) is 0 Å². The highest BCUT2D eigenvalue weighted by atomic mass is 16.6. The van der Waals surface area contributed by atoms with Crippen LogP contribution in [0.25, 0.3) is 16.5 Å². The van der Waals surface area contributed by atoms with Gasteiger partial charge >= 0.3 is 0 Å². The molecule has 6 heteroatoms. The Bertz CT molecular complexity index is 1100. The molecule has 4 rings (SSSR count). The van der Waals surface area contributed by atoms with Crippen molar-refractivity contribution in [2.75, 3.05) is 20.1 Å². The third-order valence-electron chi connectivity index (χ3n) is 5.25. The molecule has 0 saturated carbocycles. The minimum atomic E-state index is -0.482. The quantitative estimate of drug-likeness (QED) is 0.411. The Morgan fingerprint density at radius 1 is 1.25 bits per heavy atom. The van der Waals surface area contributed by atoms with Gasteiger partial charge in [0.15, 0.2) is 5.78 Å². The van der Waals surface area contributed by atoms with Crippen LogP contribution in [0.1, 0.15) is 27.9 Å². The number of nitro groups is 1. The van der Waals surface area contributed by atoms with Crippen LogP contribution in [0.2, 0.25) is 0 Å². The summed E-state index contributed by atoms with van der Waals surface area (Å²) in [6.45, 7) is 1.97. The van der Waals surface area contributed by atoms with Crippen molar-refractivity contribution in [1.29, 1.82) is 0 Å². The van der Waals surface area contributed by atoms with Crippen LogP contribution in [0.15, 0.2) is 54.7 Å². The van der Waals surface area contributed by atoms with Crippen molar-refractivity contribution in [3.05, 3.63) is 81.5 Å². The lowest BCUT2D eigenvalue weighted by Gasteiger charge is -2.21. The summed E-state index contributed by atoms with van der Waals surface area (Å²) in [5.74, 6) is -0.126. The number of H-pyrrole nitrogens is 1. The molecule has 2 heterocycles. The number of Topliss-reactive ketones (excluding diaryl/α,β-unsaturated/α-hetero) is 1. The van der Waals surface area contributed by atoms with Gasteiger partial charge < -0.3 is 9.88 Å². The molecule has 142 valence electrons. The number of nitrogens with one attached hydrogen (secondary N) is 1. The Labute approximate surface area is 162 Å². The highest BCUT2D eigenvalue weighted by Crippen LogP contribution is 2.30. The van der Waals surface area contributed by atoms with E-state index in [-0.39, 0.29) is 17.9 Å². The molecular formula is C22H21N3O3. The standard InChI is InChI=1S/C22H21N3O3/c1-24-9-7-16(8-10-24)20-14-23-21-6-5-15(11-19(20)21)12-22(26)17-3-2-4-18(13-17)25(27)28/h2-7,11,13-14,23H,8-10,12H2,1H3. The molecule has 0 spiro atoms. The summed E-state index contributed by atoms with van der Waals surface area (Å²) in [6, 6.07) is 11.9. The molecule has 0 bridgehead atoms. The van der Waals surface area contributed by atoms with Gasteiger partial charge in [0, 0.05) is 59.9 Å². The number of rotatable bonds is 5. The number of ketones is 1. The molecule has 2 aromatic carbocycles. The number of fused-ring (bicyclic) bond motifs is 1. The maximum atomic E-state index is 12.6. The molecular weight excluding hydrogens is 354 g/mol. The van der Waals surface area contributed by atoms with Gasteiger partial charge in [-0.05, 0) is 36.7 Å². The van der Waals surface area contributed by atoms with Crippen molar-refractivity contribution >= 4 is 27.9 Å². The zero-order valence-electron chi connectivity index (χ0n) is 15.6. The number of aromatic nitrogens is 1. The van der Waals surface area contributed by atoms with Gasteiger partial charge in [-0.3, -0.25) is 14.9 Å². The number of benzene rings is 2. The number of nitrogens with zero attached hydrogens (tertiary/aromatic N) is 2. The number of non-ortho nitro benzene ring substituents is 1. The maximum Gasteiger partial charge on any atom is 0.270 e. The summed E-state index contributed by atoms with van der Waals surface area (Å²) < 4.78 is 0. The summed E-state index contributed by atoms with van der Waals surface area (Å²) >= 11 is 0. The third kappa shape index (κ3) is 3.59. The molecule has 0 amide bonds. The van der Waals surface area contributed by atoms with Gasteiger partial charge in [0.2, 0.25) is 0 Å². The van der Waals surface area contributed by atoms with Crippen LogP contribution in [-0.2, 0) is 6.42 Å². The van der Waals surface area contributed by atoms with E-state index in [1.807, 2.05) is 18.3 Å². The van der Waals surface area contributed by atoms with Gasteiger partial charge in [0.05, 0.1) is 4.92 Å². The SMILES string of the molecule is CN1CC=C(c2c[nH]c3ccc(CC(=O)c4cccc([N+](=O)[O-])c4)cc23)CC1. The monoisotopic (exact) mass is 375 g/mol. The number of nitro benzene ring substituents is 1. The Balaban J connectivity index is 1.61. The molecule has 28 heavy (non-hydrogen) atoms. The molecule has 0 saturated heterocycles. The van der Waals surface area contributed by atoms with E-state index < -0.39 is 4.92 Å². The second-order valence-corrected chi connectivity index (χ2v) is 7.23. The fourth-order valence-corrected chi connectivity index (χ4v) is 3.64. The van der Waals surface area contributed by atoms with E-state index in [0.29, 0.717) is 5.56 Å². The second kappa shape index (κ2) is 7.40. The molecule has 1 aliphatic heterocycles. The topological polar surface area (TPSA) is 79.2 Å². The summed E-state index contributed by atoms with van der Waals surface area (Å²) in [6.07, 6.45) is 5.50. The molecule has 0 fully saturated rings. The van der Waals surface area contributed by atoms with E-state index in [4.69, 9.17) is 0 Å². The summed E-state index contributed by atoms with van der Waals surface area (Å²) in [7, 11) is 2.11. The molecule has 1 N–H and O–H groups in total. The number of carbonyl (C=O) groups is 1. The maximum absolute atomic E-state index is 12.6. The summed E-state index contributed by atoms with van der Waals surface area (Å²) in [5.41, 5.74) is 4.75. The first-order valence-corrected chi connectivity index (χ1v) is 9.27. The average Bonchev–Trinajstić information content (AvgIpc) is 3.12. The van der Waals surface area contributed by atoms with E-state index >= 15 is 0 Å². The largest absolute Gasteiger partial charge is 0.361 e. The van der Waals surface area contributed by atoms with Crippen LogP contribution >= 0.6 is 0 Å². The fourth-order valence-electron chi connectivity index (χ4n) is 3.64. The van der Waals surface area contributed by atoms with E-state index in [1.165, 1.54) is 23.3 Å². The van der Waals surface area contributed by atoms with Crippen LogP contribution in [0, 0.1) is 10.1 Å². The average molecular weight is 375 g/mol. The van der Waals surface area contributed by atoms with Crippen molar-refractivity contribution < 1.29 is 9.72 Å². The van der Waals surface area contributed by atoms with Gasteiger partial charge in [0.25, 0.3) is 5.69 Å². The lowest BCUT2D eigenvalue weighted by molar-refractivity contribution is -0.384. The molecule has 3 aromatic rings. The lowest BCUT2D eigenvalue weighted by Crippen LogP contribution is -2.23. The predicted molar refractivity (Wildman–Crippen MR) is 110 cm³/mol. The molecule has 1 aromatic heterocycles. The number of aromatic amines is 1. The Morgan fingerprint density at radius 3 is 2.86 bits per heavy atom. The second-order valence-electron chi connectivity index (χ2n) is 7.23. The summed E-state index contributed by atoms with van der Waals surface area (Å²) in [5, 5.41) is 12.1. The van der Waals surface area contributed by atoms with Crippen molar-refractivity contribution in [3.63, 3.8) is 0 Å². The molecule has 0 aliphatic carbocycles. The highest BCUT2D eigenvalue weighted by molar-refractivity contribution is 5.99. The number of hydrogen-bond acceptors (Lipinski definition) is 4. The minimum absolute atomic E-state index is 0.0663. The van der Waals surface area contributed by atoms with Gasteiger partial charge in [-0.2, -0.15) is 0 Å². The number of likely N-dealkylation sites (N-methyl/N-ethyl adjacent to an activating group) is 1. The number of carbonyl (C=O) groups excluding carboxylic acids is 1. The molecule has 0 unspecified atom stereocenters. The molecule has 0 radical (unpaired) electrons. The minimum Gasteiger partial charge on any atom is -0.361 e. The van der Waals surface area contributed by atoms with Gasteiger partial charge in [-0.1, -0.05) is 24.3 Å². The van der Waals surface area contributed by atoms with E-state index in [9.17, 15) is 14.9 Å². The van der Waals surface area contributed by atoms with E-state index in [1.54, 1.807) is 12.1 Å². The third-order valence-corrected chi connectivity index (χ3v) is 5.25. The summed E-state index contributed by atoms with van der Waals surface area (Å²) in [4.78, 5) is 28.7. The first kappa shape index (κ1) is 18.1. The zero-order valence-corrected chi connectivity index (χ0v) is 15.6. The molecule has 0 atom stereocenters. The predicted octanol–water partition coefficient (Wildman–Crippen LogP) is 4.22. The number of hydrogen-bond donors (Lipinski definition) is 1. The highest BCUT2D eigenvalue weighted by Gasteiger charge is 2.16. The van der Waals surface area contributed by atoms with Crippen molar-refractivity contribution in [2.24, 2.45) is 0 Å². The Kier molecular flexibility index (Phi) is 4.79. The molecule has 6 nitrogen and oxygen atoms in total.